The van der Waals surface area contributed by atoms with Crippen molar-refractivity contribution in [2.45, 2.75) is 39.5 Å². The van der Waals surface area contributed by atoms with Crippen LogP contribution in [0.15, 0.2) is 39.5 Å². The van der Waals surface area contributed by atoms with Crippen LogP contribution in [0.25, 0.3) is 11.0 Å². The minimum Gasteiger partial charge on any atom is -0.462 e. The van der Waals surface area contributed by atoms with E-state index in [4.69, 9.17) is 9.15 Å². The SMILES string of the molecule is CCCOC(=O)c1c(NC(=O)c2cc3ccccc3oc2=O)sc2c1CC[C@@H](C)C2. The van der Waals surface area contributed by atoms with Crippen molar-refractivity contribution in [3.05, 3.63) is 62.3 Å². The molecule has 0 spiro atoms. The number of hydrogen-bond donors (Lipinski definition) is 1. The van der Waals surface area contributed by atoms with Gasteiger partial charge in [-0.2, -0.15) is 0 Å². The summed E-state index contributed by atoms with van der Waals surface area (Å²) in [4.78, 5) is 39.1. The maximum atomic E-state index is 12.9. The molecule has 3 aromatic rings. The maximum Gasteiger partial charge on any atom is 0.349 e. The summed E-state index contributed by atoms with van der Waals surface area (Å²) in [6.07, 6.45) is 3.34. The number of benzene rings is 1. The van der Waals surface area contributed by atoms with Gasteiger partial charge >= 0.3 is 11.6 Å². The molecule has 1 aliphatic rings. The number of ether oxygens (including phenoxy) is 1. The average Bonchev–Trinajstić information content (AvgIpc) is 3.08. The smallest absolute Gasteiger partial charge is 0.349 e. The topological polar surface area (TPSA) is 85.6 Å². The van der Waals surface area contributed by atoms with Crippen LogP contribution in [0.3, 0.4) is 0 Å². The first-order chi connectivity index (χ1) is 14.5. The fourth-order valence-electron chi connectivity index (χ4n) is 3.71. The second kappa shape index (κ2) is 8.44. The molecule has 6 nitrogen and oxygen atoms in total. The van der Waals surface area contributed by atoms with Crippen molar-refractivity contribution in [3.63, 3.8) is 0 Å². The van der Waals surface area contributed by atoms with Crippen molar-refractivity contribution < 1.29 is 18.7 Å². The molecule has 0 fully saturated rings. The molecule has 1 aliphatic carbocycles. The predicted molar refractivity (Wildman–Crippen MR) is 117 cm³/mol. The number of rotatable bonds is 5. The van der Waals surface area contributed by atoms with Crippen molar-refractivity contribution >= 4 is 39.2 Å². The first kappa shape index (κ1) is 20.3. The first-order valence-corrected chi connectivity index (χ1v) is 11.0. The first-order valence-electron chi connectivity index (χ1n) is 10.1. The lowest BCUT2D eigenvalue weighted by atomic mass is 9.88. The Balaban J connectivity index is 1.70. The van der Waals surface area contributed by atoms with Crippen LogP contribution in [0.5, 0.6) is 0 Å². The highest BCUT2D eigenvalue weighted by Crippen LogP contribution is 2.40. The molecule has 4 rings (SSSR count). The number of fused-ring (bicyclic) bond motifs is 2. The molecular weight excluding hydrogens is 402 g/mol. The fourth-order valence-corrected chi connectivity index (χ4v) is 5.11. The van der Waals surface area contributed by atoms with Crippen LogP contribution in [-0.4, -0.2) is 18.5 Å². The largest absolute Gasteiger partial charge is 0.462 e. The summed E-state index contributed by atoms with van der Waals surface area (Å²) in [5.74, 6) is -0.498. The number of thiophene rings is 1. The average molecular weight is 426 g/mol. The lowest BCUT2D eigenvalue weighted by Gasteiger charge is -2.18. The van der Waals surface area contributed by atoms with E-state index < -0.39 is 17.5 Å². The van der Waals surface area contributed by atoms with E-state index in [9.17, 15) is 14.4 Å². The monoisotopic (exact) mass is 425 g/mol. The molecule has 156 valence electrons. The van der Waals surface area contributed by atoms with Gasteiger partial charge in [0.25, 0.3) is 5.91 Å². The highest BCUT2D eigenvalue weighted by atomic mass is 32.1. The standard InChI is InChI=1S/C23H23NO5S/c1-3-10-28-23(27)19-15-9-8-13(2)11-18(15)30-21(19)24-20(25)16-12-14-6-4-5-7-17(14)29-22(16)26/h4-7,12-13H,3,8-11H2,1-2H3,(H,24,25)/t13-/m1/s1. The molecule has 0 bridgehead atoms. The van der Waals surface area contributed by atoms with Crippen LogP contribution < -0.4 is 10.9 Å². The van der Waals surface area contributed by atoms with E-state index in [0.29, 0.717) is 34.1 Å². The summed E-state index contributed by atoms with van der Waals surface area (Å²) in [6.45, 7) is 4.43. The molecule has 0 unspecified atom stereocenters. The van der Waals surface area contributed by atoms with E-state index in [1.54, 1.807) is 24.3 Å². The van der Waals surface area contributed by atoms with Crippen LogP contribution in [0, 0.1) is 5.92 Å². The molecule has 30 heavy (non-hydrogen) atoms. The molecule has 2 heterocycles. The normalized spacial score (nSPS) is 15.6. The van der Waals surface area contributed by atoms with Gasteiger partial charge in [-0.25, -0.2) is 9.59 Å². The van der Waals surface area contributed by atoms with E-state index >= 15 is 0 Å². The summed E-state index contributed by atoms with van der Waals surface area (Å²) in [6, 6.07) is 8.53. The maximum absolute atomic E-state index is 12.9. The zero-order chi connectivity index (χ0) is 21.3. The van der Waals surface area contributed by atoms with E-state index in [1.165, 1.54) is 17.4 Å². The molecule has 1 aromatic carbocycles. The van der Waals surface area contributed by atoms with Gasteiger partial charge in [-0.1, -0.05) is 32.0 Å². The Morgan fingerprint density at radius 1 is 1.30 bits per heavy atom. The van der Waals surface area contributed by atoms with Crippen LogP contribution in [-0.2, 0) is 17.6 Å². The minimum absolute atomic E-state index is 0.0960. The summed E-state index contributed by atoms with van der Waals surface area (Å²) in [5, 5.41) is 3.87. The number of amides is 1. The van der Waals surface area contributed by atoms with Gasteiger partial charge in [0.15, 0.2) is 0 Å². The zero-order valence-corrected chi connectivity index (χ0v) is 17.8. The van der Waals surface area contributed by atoms with E-state index in [0.717, 1.165) is 36.1 Å². The molecule has 1 N–H and O–H groups in total. The van der Waals surface area contributed by atoms with Gasteiger partial charge in [-0.05, 0) is 49.3 Å². The highest BCUT2D eigenvalue weighted by molar-refractivity contribution is 7.17. The summed E-state index contributed by atoms with van der Waals surface area (Å²) < 4.78 is 10.6. The third kappa shape index (κ3) is 3.89. The fraction of sp³-hybridized carbons (Fsp3) is 0.348. The number of hydrogen-bond acceptors (Lipinski definition) is 6. The Kier molecular flexibility index (Phi) is 5.72. The summed E-state index contributed by atoms with van der Waals surface area (Å²) in [5.41, 5.74) is 0.995. The number of esters is 1. The van der Waals surface area contributed by atoms with Gasteiger partial charge in [0, 0.05) is 10.3 Å². The summed E-state index contributed by atoms with van der Waals surface area (Å²) in [7, 11) is 0. The van der Waals surface area contributed by atoms with Gasteiger partial charge in [0.1, 0.15) is 16.1 Å². The second-order valence-corrected chi connectivity index (χ2v) is 8.74. The number of para-hydroxylation sites is 1. The Hall–Kier alpha value is -2.93. The minimum atomic E-state index is -0.712. The zero-order valence-electron chi connectivity index (χ0n) is 16.9. The van der Waals surface area contributed by atoms with Gasteiger partial charge in [0.2, 0.25) is 0 Å². The third-order valence-electron chi connectivity index (χ3n) is 5.27. The van der Waals surface area contributed by atoms with E-state index in [1.807, 2.05) is 6.92 Å². The Morgan fingerprint density at radius 3 is 2.90 bits per heavy atom. The van der Waals surface area contributed by atoms with E-state index in [-0.39, 0.29) is 5.56 Å². The van der Waals surface area contributed by atoms with Crippen molar-refractivity contribution in [2.24, 2.45) is 5.92 Å². The van der Waals surface area contributed by atoms with Gasteiger partial charge < -0.3 is 14.5 Å². The Bertz CT molecular complexity index is 1180. The van der Waals surface area contributed by atoms with Crippen LogP contribution >= 0.6 is 11.3 Å². The van der Waals surface area contributed by atoms with Gasteiger partial charge in [-0.15, -0.1) is 11.3 Å². The van der Waals surface area contributed by atoms with Crippen molar-refractivity contribution in [2.75, 3.05) is 11.9 Å². The Morgan fingerprint density at radius 2 is 2.10 bits per heavy atom. The van der Waals surface area contributed by atoms with Crippen LogP contribution in [0.1, 0.15) is 57.8 Å². The number of carbonyl (C=O) groups is 2. The number of nitrogens with one attached hydrogen (secondary N) is 1. The highest BCUT2D eigenvalue weighted by Gasteiger charge is 2.29. The summed E-state index contributed by atoms with van der Waals surface area (Å²) >= 11 is 1.39. The van der Waals surface area contributed by atoms with Gasteiger partial charge in [-0.3, -0.25) is 4.79 Å². The molecule has 0 saturated carbocycles. The molecule has 7 heteroatoms. The molecule has 0 aliphatic heterocycles. The second-order valence-electron chi connectivity index (χ2n) is 7.63. The molecule has 0 radical (unpaired) electrons. The lowest BCUT2D eigenvalue weighted by molar-refractivity contribution is 0.0505. The van der Waals surface area contributed by atoms with Gasteiger partial charge in [0.05, 0.1) is 12.2 Å². The van der Waals surface area contributed by atoms with Crippen molar-refractivity contribution in [1.29, 1.82) is 0 Å². The van der Waals surface area contributed by atoms with E-state index in [2.05, 4.69) is 12.2 Å². The Labute approximate surface area is 177 Å². The van der Waals surface area contributed by atoms with Crippen LogP contribution in [0.2, 0.25) is 0 Å². The quantitative estimate of drug-likeness (QED) is 0.469. The molecular formula is C23H23NO5S. The molecule has 1 atom stereocenters. The molecule has 2 aromatic heterocycles. The van der Waals surface area contributed by atoms with Crippen molar-refractivity contribution in [3.8, 4) is 0 Å². The van der Waals surface area contributed by atoms with Crippen molar-refractivity contribution in [1.82, 2.24) is 0 Å². The number of anilines is 1. The third-order valence-corrected chi connectivity index (χ3v) is 6.44. The van der Waals surface area contributed by atoms with Crippen LogP contribution in [0.4, 0.5) is 5.00 Å². The number of carbonyl (C=O) groups excluding carboxylic acids is 2. The lowest BCUT2D eigenvalue weighted by Crippen LogP contribution is -2.21. The predicted octanol–water partition coefficient (Wildman–Crippen LogP) is 4.80. The molecule has 0 saturated heterocycles. The molecule has 1 amide bonds.